The number of methoxy groups -OCH3 is 1. The van der Waals surface area contributed by atoms with Crippen LogP contribution in [0, 0.1) is 0 Å². The molecule has 1 aliphatic heterocycles. The molecule has 0 saturated carbocycles. The van der Waals surface area contributed by atoms with Gasteiger partial charge in [-0.25, -0.2) is 19.4 Å². The molecule has 2 amide bonds. The van der Waals surface area contributed by atoms with Crippen molar-refractivity contribution in [1.29, 1.82) is 0 Å². The van der Waals surface area contributed by atoms with Crippen molar-refractivity contribution in [2.24, 2.45) is 22.2 Å². The molecular formula is C19H32N6O9. The number of nitrogens with one attached hydrogen (secondary N) is 2. The second-order valence-corrected chi connectivity index (χ2v) is 7.15. The molecule has 0 aromatic carbocycles. The van der Waals surface area contributed by atoms with Crippen LogP contribution in [-0.2, 0) is 28.5 Å². The van der Waals surface area contributed by atoms with Crippen molar-refractivity contribution >= 4 is 30.1 Å². The summed E-state index contributed by atoms with van der Waals surface area (Å²) < 4.78 is 20.4. The molecule has 15 heteroatoms. The number of alkyl carbamates (subject to hydrolysis) is 1. The predicted molar refractivity (Wildman–Crippen MR) is 117 cm³/mol. The number of unbranched alkanes of at least 4 members (excludes halogenated alkanes) is 1. The van der Waals surface area contributed by atoms with Gasteiger partial charge in [0.1, 0.15) is 6.10 Å². The van der Waals surface area contributed by atoms with Crippen molar-refractivity contribution in [2.75, 3.05) is 26.8 Å². The molecule has 0 aliphatic carbocycles. The van der Waals surface area contributed by atoms with Gasteiger partial charge in [0.2, 0.25) is 11.7 Å². The standard InChI is InChI=1S/C19H32N6O9/c1-10(26)24-14-11(25-17(21)22)9-13(16(27)31-2)33-15(14)12(5-8-32-19(29)30)34-18(28)23-7-4-3-6-20/h9,11-12,14-15H,3-8,20H2,1-2H3,(H,23,28)(H,24,26)(H,29,30)(H4,21,22,25)/t11?,12-,14-,15+/m1/s1. The van der Waals surface area contributed by atoms with Crippen LogP contribution in [0.5, 0.6) is 0 Å². The van der Waals surface area contributed by atoms with Crippen LogP contribution in [-0.4, -0.2) is 86.3 Å². The van der Waals surface area contributed by atoms with Crippen LogP contribution in [0.2, 0.25) is 0 Å². The number of hydrogen-bond donors (Lipinski definition) is 6. The van der Waals surface area contributed by atoms with Crippen LogP contribution in [0.1, 0.15) is 26.2 Å². The molecule has 192 valence electrons. The van der Waals surface area contributed by atoms with Crippen molar-refractivity contribution in [2.45, 2.75) is 50.5 Å². The number of carboxylic acid groups (broad SMARTS) is 1. The van der Waals surface area contributed by atoms with Gasteiger partial charge in [-0.3, -0.25) is 4.79 Å². The van der Waals surface area contributed by atoms with Crippen molar-refractivity contribution in [1.82, 2.24) is 10.6 Å². The molecule has 9 N–H and O–H groups in total. The summed E-state index contributed by atoms with van der Waals surface area (Å²) in [6, 6.07) is -2.01. The second-order valence-electron chi connectivity index (χ2n) is 7.15. The molecule has 0 aromatic heterocycles. The van der Waals surface area contributed by atoms with Gasteiger partial charge in [0.05, 0.1) is 25.8 Å². The molecule has 1 unspecified atom stereocenters. The maximum absolute atomic E-state index is 12.4. The molecule has 15 nitrogen and oxygen atoms in total. The number of nitrogens with zero attached hydrogens (tertiary/aromatic N) is 1. The lowest BCUT2D eigenvalue weighted by atomic mass is 9.93. The van der Waals surface area contributed by atoms with E-state index in [-0.39, 0.29) is 31.3 Å². The number of rotatable bonds is 12. The highest BCUT2D eigenvalue weighted by atomic mass is 16.7. The molecule has 0 spiro atoms. The molecule has 4 atom stereocenters. The fourth-order valence-electron chi connectivity index (χ4n) is 3.12. The predicted octanol–water partition coefficient (Wildman–Crippen LogP) is -1.49. The van der Waals surface area contributed by atoms with Gasteiger partial charge >= 0.3 is 18.2 Å². The number of ether oxygens (including phenoxy) is 4. The molecule has 0 aromatic rings. The maximum atomic E-state index is 12.4. The number of nitrogens with two attached hydrogens (primary N) is 3. The largest absolute Gasteiger partial charge is 0.505 e. The van der Waals surface area contributed by atoms with Gasteiger partial charge in [0, 0.05) is 19.9 Å². The third-order valence-electron chi connectivity index (χ3n) is 4.51. The molecule has 0 fully saturated rings. The van der Waals surface area contributed by atoms with Crippen LogP contribution in [0.4, 0.5) is 9.59 Å². The smallest absolute Gasteiger partial charge is 0.477 e. The van der Waals surface area contributed by atoms with E-state index in [2.05, 4.69) is 20.4 Å². The summed E-state index contributed by atoms with van der Waals surface area (Å²) in [5.41, 5.74) is 16.4. The van der Waals surface area contributed by atoms with Gasteiger partial charge in [-0.1, -0.05) is 0 Å². The Morgan fingerprint density at radius 2 is 1.97 bits per heavy atom. The van der Waals surface area contributed by atoms with Crippen molar-refractivity contribution < 1.29 is 43.2 Å². The Morgan fingerprint density at radius 1 is 1.26 bits per heavy atom. The Kier molecular flexibility index (Phi) is 12.0. The molecule has 1 aliphatic rings. The quantitative estimate of drug-likeness (QED) is 0.0605. The molecule has 0 radical (unpaired) electrons. The Bertz CT molecular complexity index is 784. The van der Waals surface area contributed by atoms with Crippen molar-refractivity contribution in [3.05, 3.63) is 11.8 Å². The Morgan fingerprint density at radius 3 is 2.53 bits per heavy atom. The molecule has 1 rings (SSSR count). The van der Waals surface area contributed by atoms with E-state index in [0.29, 0.717) is 19.4 Å². The number of esters is 1. The summed E-state index contributed by atoms with van der Waals surface area (Å²) in [7, 11) is 1.13. The van der Waals surface area contributed by atoms with Gasteiger partial charge in [0.25, 0.3) is 0 Å². The van der Waals surface area contributed by atoms with E-state index in [4.69, 9.17) is 36.5 Å². The number of hydrogen-bond acceptors (Lipinski definition) is 10. The lowest BCUT2D eigenvalue weighted by Gasteiger charge is -2.38. The molecule has 1 heterocycles. The third-order valence-corrected chi connectivity index (χ3v) is 4.51. The van der Waals surface area contributed by atoms with Crippen LogP contribution in [0.15, 0.2) is 16.8 Å². The van der Waals surface area contributed by atoms with E-state index >= 15 is 0 Å². The van der Waals surface area contributed by atoms with Gasteiger partial charge in [-0.15, -0.1) is 0 Å². The van der Waals surface area contributed by atoms with Crippen molar-refractivity contribution in [3.63, 3.8) is 0 Å². The van der Waals surface area contributed by atoms with E-state index in [9.17, 15) is 19.2 Å². The minimum absolute atomic E-state index is 0.174. The van der Waals surface area contributed by atoms with Crippen LogP contribution < -0.4 is 27.8 Å². The first-order valence-electron chi connectivity index (χ1n) is 10.4. The van der Waals surface area contributed by atoms with Crippen molar-refractivity contribution in [3.8, 4) is 0 Å². The van der Waals surface area contributed by atoms with E-state index in [1.807, 2.05) is 0 Å². The van der Waals surface area contributed by atoms with Gasteiger partial charge in [-0.2, -0.15) is 0 Å². The SMILES string of the molecule is COC(=O)C1=CC(N=C(N)N)[C@@H](NC(C)=O)[C@H]([C@@H](CCOC(=O)O)OC(=O)NCCCCN)O1. The number of amides is 2. The first-order valence-corrected chi connectivity index (χ1v) is 10.4. The van der Waals surface area contributed by atoms with E-state index in [0.717, 1.165) is 7.11 Å². The summed E-state index contributed by atoms with van der Waals surface area (Å²) in [5.74, 6) is -1.99. The average molecular weight is 488 g/mol. The first kappa shape index (κ1) is 28.3. The number of guanidine groups is 1. The molecule has 0 bridgehead atoms. The highest BCUT2D eigenvalue weighted by molar-refractivity contribution is 5.87. The Hall–Kier alpha value is -3.75. The topological polar surface area (TPSA) is 240 Å². The Balaban J connectivity index is 3.28. The van der Waals surface area contributed by atoms with Crippen LogP contribution >= 0.6 is 0 Å². The fourth-order valence-corrected chi connectivity index (χ4v) is 3.12. The van der Waals surface area contributed by atoms with Gasteiger partial charge in [-0.05, 0) is 25.5 Å². The van der Waals surface area contributed by atoms with E-state index in [1.54, 1.807) is 0 Å². The highest BCUT2D eigenvalue weighted by Gasteiger charge is 2.44. The lowest BCUT2D eigenvalue weighted by molar-refractivity contribution is -0.145. The van der Waals surface area contributed by atoms with E-state index in [1.165, 1.54) is 13.0 Å². The summed E-state index contributed by atoms with van der Waals surface area (Å²) in [6.07, 6.45) is -2.43. The van der Waals surface area contributed by atoms with Crippen LogP contribution in [0.25, 0.3) is 0 Å². The summed E-state index contributed by atoms with van der Waals surface area (Å²) >= 11 is 0. The van der Waals surface area contributed by atoms with Gasteiger partial charge < -0.3 is 51.9 Å². The summed E-state index contributed by atoms with van der Waals surface area (Å²) in [6.45, 7) is 1.59. The normalized spacial score (nSPS) is 20.0. The summed E-state index contributed by atoms with van der Waals surface area (Å²) in [5, 5.41) is 13.9. The van der Waals surface area contributed by atoms with Crippen LogP contribution in [0.3, 0.4) is 0 Å². The zero-order chi connectivity index (χ0) is 25.7. The molecule has 0 saturated heterocycles. The first-order chi connectivity index (χ1) is 16.1. The number of aliphatic imine (C=N–C) groups is 1. The molecular weight excluding hydrogens is 456 g/mol. The number of carbonyl (C=O) groups excluding carboxylic acids is 3. The van der Waals surface area contributed by atoms with Gasteiger partial charge in [0.15, 0.2) is 12.1 Å². The third kappa shape index (κ3) is 9.81. The minimum atomic E-state index is -1.54. The zero-order valence-corrected chi connectivity index (χ0v) is 19.0. The lowest BCUT2D eigenvalue weighted by Crippen LogP contribution is -2.58. The minimum Gasteiger partial charge on any atom is -0.477 e. The fraction of sp³-hybridized carbons (Fsp3) is 0.632. The second kappa shape index (κ2) is 14.4. The molecule has 34 heavy (non-hydrogen) atoms. The van der Waals surface area contributed by atoms with E-state index < -0.39 is 48.4 Å². The monoisotopic (exact) mass is 488 g/mol. The number of carbonyl (C=O) groups is 4. The highest BCUT2D eigenvalue weighted by Crippen LogP contribution is 2.27. The Labute approximate surface area is 196 Å². The average Bonchev–Trinajstić information content (AvgIpc) is 2.75. The maximum Gasteiger partial charge on any atom is 0.505 e. The summed E-state index contributed by atoms with van der Waals surface area (Å²) in [4.78, 5) is 51.3. The zero-order valence-electron chi connectivity index (χ0n) is 19.0.